The van der Waals surface area contributed by atoms with Crippen LogP contribution in [0.3, 0.4) is 0 Å². The molecule has 1 saturated heterocycles. The first-order valence-corrected chi connectivity index (χ1v) is 12.1. The van der Waals surface area contributed by atoms with E-state index in [4.69, 9.17) is 4.79 Å². The number of anilines is 1. The van der Waals surface area contributed by atoms with Crippen molar-refractivity contribution in [3.05, 3.63) is 62.3 Å². The highest BCUT2D eigenvalue weighted by atomic mass is 19.1. The van der Waals surface area contributed by atoms with E-state index in [0.717, 1.165) is 59.6 Å². The number of H-pyrrole nitrogens is 1. The summed E-state index contributed by atoms with van der Waals surface area (Å²) in [5, 5.41) is 3.50. The first-order chi connectivity index (χ1) is 16.2. The number of hydrogen-bond acceptors (Lipinski definition) is 5. The van der Waals surface area contributed by atoms with Gasteiger partial charge in [-0.15, -0.1) is 0 Å². The molecule has 0 spiro atoms. The maximum Gasteiger partial charge on any atom is 0.251 e. The number of rotatable bonds is 6. The number of carbonyl (C=O) groups is 1. The van der Waals surface area contributed by atoms with Gasteiger partial charge in [-0.05, 0) is 94.9 Å². The second-order valence-electron chi connectivity index (χ2n) is 9.08. The van der Waals surface area contributed by atoms with Crippen LogP contribution in [-0.2, 0) is 11.2 Å². The molecule has 2 atom stereocenters. The zero-order valence-electron chi connectivity index (χ0n) is 21.9. The lowest BCUT2D eigenvalue weighted by Gasteiger charge is -2.39. The Hall–Kier alpha value is -2.51. The molecule has 0 amide bonds. The second-order valence-corrected chi connectivity index (χ2v) is 9.08. The van der Waals surface area contributed by atoms with Gasteiger partial charge in [0.25, 0.3) is 5.56 Å². The largest absolute Gasteiger partial charge is 0.368 e. The van der Waals surface area contributed by atoms with Gasteiger partial charge in [0, 0.05) is 42.0 Å². The van der Waals surface area contributed by atoms with Crippen LogP contribution in [0.5, 0.6) is 0 Å². The molecular formula is C27H43FN4O2. The third kappa shape index (κ3) is 7.24. The van der Waals surface area contributed by atoms with Crippen molar-refractivity contribution in [2.24, 2.45) is 5.73 Å². The Labute approximate surface area is 204 Å². The lowest BCUT2D eigenvalue weighted by molar-refractivity contribution is -0.0979. The molecule has 1 aromatic heterocycles. The minimum absolute atomic E-state index is 0.0663. The van der Waals surface area contributed by atoms with Crippen molar-refractivity contribution >= 4 is 12.5 Å². The van der Waals surface area contributed by atoms with Crippen LogP contribution in [0.2, 0.25) is 0 Å². The summed E-state index contributed by atoms with van der Waals surface area (Å²) >= 11 is 0. The standard InChI is InChI=1S/C25H36FN3O.CH5N.CH2O/c1-7-29(21-8-9-27-16(4)10-21)24-14-20(26)12-19(18(24)6)13-23-22(15(2)3)11-17(5)28-25(23)30;2*1-2/h11-12,14-16,21,27H,7-10,13H2,1-6H3,(H,28,30);2H2,1H3;1H2. The molecule has 6 nitrogen and oxygen atoms in total. The predicted octanol–water partition coefficient (Wildman–Crippen LogP) is 4.20. The van der Waals surface area contributed by atoms with Crippen LogP contribution in [0.25, 0.3) is 0 Å². The topological polar surface area (TPSA) is 91.2 Å². The number of aromatic nitrogens is 1. The molecule has 1 aliphatic heterocycles. The average molecular weight is 475 g/mol. The molecule has 0 radical (unpaired) electrons. The second kappa shape index (κ2) is 14.0. The van der Waals surface area contributed by atoms with Crippen molar-refractivity contribution in [2.75, 3.05) is 25.0 Å². The molecule has 2 heterocycles. The van der Waals surface area contributed by atoms with Crippen LogP contribution < -0.4 is 21.5 Å². The van der Waals surface area contributed by atoms with E-state index in [-0.39, 0.29) is 17.3 Å². The highest BCUT2D eigenvalue weighted by Crippen LogP contribution is 2.31. The number of piperidine rings is 1. The monoisotopic (exact) mass is 474 g/mol. The van der Waals surface area contributed by atoms with Gasteiger partial charge in [0.2, 0.25) is 0 Å². The predicted molar refractivity (Wildman–Crippen MR) is 141 cm³/mol. The molecule has 2 unspecified atom stereocenters. The fourth-order valence-electron chi connectivity index (χ4n) is 4.85. The fraction of sp³-hybridized carbons (Fsp3) is 0.556. The molecule has 2 aromatic rings. The number of carbonyl (C=O) groups excluding carboxylic acids is 1. The lowest BCUT2D eigenvalue weighted by Crippen LogP contribution is -2.47. The number of halogens is 1. The van der Waals surface area contributed by atoms with Gasteiger partial charge in [-0.1, -0.05) is 13.8 Å². The van der Waals surface area contributed by atoms with Crippen LogP contribution in [-0.4, -0.2) is 44.0 Å². The number of pyridine rings is 1. The van der Waals surface area contributed by atoms with Crippen molar-refractivity contribution in [3.8, 4) is 0 Å². The van der Waals surface area contributed by atoms with E-state index in [1.54, 1.807) is 12.1 Å². The number of nitrogens with zero attached hydrogens (tertiary/aromatic N) is 1. The van der Waals surface area contributed by atoms with Gasteiger partial charge >= 0.3 is 0 Å². The number of hydrogen-bond donors (Lipinski definition) is 3. The number of nitrogens with two attached hydrogens (primary N) is 1. The molecule has 1 aliphatic rings. The lowest BCUT2D eigenvalue weighted by atomic mass is 9.91. The SMILES string of the molecule is C=O.CCN(c1cc(F)cc(Cc2c(C(C)C)cc(C)[nH]c2=O)c1C)C1CCNC(C)C1.CN. The van der Waals surface area contributed by atoms with Crippen LogP contribution in [0.4, 0.5) is 10.1 Å². The van der Waals surface area contributed by atoms with Crippen molar-refractivity contribution in [1.82, 2.24) is 10.3 Å². The third-order valence-corrected chi connectivity index (χ3v) is 6.43. The highest BCUT2D eigenvalue weighted by molar-refractivity contribution is 5.58. The van der Waals surface area contributed by atoms with Gasteiger partial charge < -0.3 is 25.7 Å². The fourth-order valence-corrected chi connectivity index (χ4v) is 4.85. The number of aryl methyl sites for hydroxylation is 1. The average Bonchev–Trinajstić information content (AvgIpc) is 2.81. The molecule has 3 rings (SSSR count). The van der Waals surface area contributed by atoms with E-state index >= 15 is 0 Å². The van der Waals surface area contributed by atoms with Gasteiger partial charge in [-0.25, -0.2) is 4.39 Å². The summed E-state index contributed by atoms with van der Waals surface area (Å²) in [6.45, 7) is 16.3. The number of benzene rings is 1. The molecule has 0 bridgehead atoms. The van der Waals surface area contributed by atoms with Crippen LogP contribution in [0.15, 0.2) is 23.0 Å². The zero-order valence-corrected chi connectivity index (χ0v) is 21.9. The molecular weight excluding hydrogens is 431 g/mol. The van der Waals surface area contributed by atoms with E-state index < -0.39 is 0 Å². The summed E-state index contributed by atoms with van der Waals surface area (Å²) in [5.74, 6) is -0.00151. The van der Waals surface area contributed by atoms with E-state index in [9.17, 15) is 9.18 Å². The quantitative estimate of drug-likeness (QED) is 0.584. The Morgan fingerprint density at radius 2 is 1.85 bits per heavy atom. The maximum atomic E-state index is 14.7. The summed E-state index contributed by atoms with van der Waals surface area (Å²) < 4.78 is 14.7. The summed E-state index contributed by atoms with van der Waals surface area (Å²) in [6.07, 6.45) is 2.55. The summed E-state index contributed by atoms with van der Waals surface area (Å²) in [5.41, 5.74) is 10.0. The van der Waals surface area contributed by atoms with Crippen LogP contribution in [0.1, 0.15) is 74.4 Å². The van der Waals surface area contributed by atoms with Gasteiger partial charge in [-0.3, -0.25) is 4.79 Å². The molecule has 0 saturated carbocycles. The van der Waals surface area contributed by atoms with E-state index in [0.29, 0.717) is 18.5 Å². The molecule has 34 heavy (non-hydrogen) atoms. The van der Waals surface area contributed by atoms with Gasteiger partial charge in [0.1, 0.15) is 12.6 Å². The number of aromatic amines is 1. The Morgan fingerprint density at radius 3 is 2.41 bits per heavy atom. The van der Waals surface area contributed by atoms with Crippen LogP contribution in [0, 0.1) is 19.7 Å². The Morgan fingerprint density at radius 1 is 1.21 bits per heavy atom. The molecule has 1 fully saturated rings. The minimum atomic E-state index is -0.235. The van der Waals surface area contributed by atoms with Crippen LogP contribution >= 0.6 is 0 Å². The summed E-state index contributed by atoms with van der Waals surface area (Å²) in [6, 6.07) is 6.17. The van der Waals surface area contributed by atoms with Crippen molar-refractivity contribution in [1.29, 1.82) is 0 Å². The van der Waals surface area contributed by atoms with E-state index in [1.165, 1.54) is 7.05 Å². The summed E-state index contributed by atoms with van der Waals surface area (Å²) in [7, 11) is 1.50. The zero-order chi connectivity index (χ0) is 26.0. The Kier molecular flexibility index (Phi) is 12.2. The Bertz CT molecular complexity index is 974. The van der Waals surface area contributed by atoms with Crippen molar-refractivity contribution in [2.45, 2.75) is 78.8 Å². The van der Waals surface area contributed by atoms with Gasteiger partial charge in [0.05, 0.1) is 0 Å². The Balaban J connectivity index is 0.00000137. The normalized spacial score (nSPS) is 17.4. The molecule has 190 valence electrons. The molecule has 7 heteroatoms. The maximum absolute atomic E-state index is 14.7. The van der Waals surface area contributed by atoms with Crippen molar-refractivity contribution < 1.29 is 9.18 Å². The summed E-state index contributed by atoms with van der Waals surface area (Å²) in [4.78, 5) is 26.0. The molecule has 4 N–H and O–H groups in total. The third-order valence-electron chi connectivity index (χ3n) is 6.43. The molecule has 1 aromatic carbocycles. The first kappa shape index (κ1) is 29.5. The number of nitrogens with one attached hydrogen (secondary N) is 2. The van der Waals surface area contributed by atoms with E-state index in [2.05, 4.69) is 55.6 Å². The minimum Gasteiger partial charge on any atom is -0.368 e. The highest BCUT2D eigenvalue weighted by Gasteiger charge is 2.26. The van der Waals surface area contributed by atoms with Crippen molar-refractivity contribution in [3.63, 3.8) is 0 Å². The first-order valence-electron chi connectivity index (χ1n) is 12.1. The molecule has 0 aliphatic carbocycles. The van der Waals surface area contributed by atoms with E-state index in [1.807, 2.05) is 19.8 Å². The smallest absolute Gasteiger partial charge is 0.251 e. The van der Waals surface area contributed by atoms with Gasteiger partial charge in [-0.2, -0.15) is 0 Å². The van der Waals surface area contributed by atoms with Gasteiger partial charge in [0.15, 0.2) is 0 Å².